The van der Waals surface area contributed by atoms with Crippen molar-refractivity contribution in [3.63, 3.8) is 0 Å². The molecule has 1 fully saturated rings. The van der Waals surface area contributed by atoms with E-state index in [9.17, 15) is 9.18 Å². The van der Waals surface area contributed by atoms with Gasteiger partial charge in [-0.3, -0.25) is 9.48 Å². The van der Waals surface area contributed by atoms with E-state index < -0.39 is 5.54 Å². The second-order valence-electron chi connectivity index (χ2n) is 5.83. The Balaban J connectivity index is 0.00000208. The molecule has 0 radical (unpaired) electrons. The maximum absolute atomic E-state index is 13.6. The highest BCUT2D eigenvalue weighted by Gasteiger charge is 2.41. The van der Waals surface area contributed by atoms with Crippen LogP contribution in [0.5, 0.6) is 0 Å². The molecular weight excluding hydrogens is 331 g/mol. The molecule has 1 aliphatic rings. The van der Waals surface area contributed by atoms with Gasteiger partial charge in [-0.25, -0.2) is 4.39 Å². The molecule has 2 heterocycles. The molecule has 0 bridgehead atoms. The number of carbonyl (C=O) groups is 1. The number of aromatic nitrogens is 2. The van der Waals surface area contributed by atoms with Gasteiger partial charge in [-0.05, 0) is 50.0 Å². The lowest BCUT2D eigenvalue weighted by Gasteiger charge is -2.36. The molecule has 24 heavy (non-hydrogen) atoms. The van der Waals surface area contributed by atoms with Crippen LogP contribution in [0.2, 0.25) is 0 Å². The maximum Gasteiger partial charge on any atom is 0.248 e. The van der Waals surface area contributed by atoms with E-state index in [0.29, 0.717) is 31.4 Å². The Bertz CT molecular complexity index is 656. The van der Waals surface area contributed by atoms with Crippen LogP contribution in [0.3, 0.4) is 0 Å². The number of halogens is 2. The van der Waals surface area contributed by atoms with E-state index in [-0.39, 0.29) is 24.1 Å². The summed E-state index contributed by atoms with van der Waals surface area (Å²) < 4.78 is 15.4. The number of benzene rings is 1. The molecule has 2 N–H and O–H groups in total. The summed E-state index contributed by atoms with van der Waals surface area (Å²) in [7, 11) is 0. The van der Waals surface area contributed by atoms with E-state index in [1.807, 2.05) is 12.3 Å². The third-order valence-electron chi connectivity index (χ3n) is 4.43. The number of nitrogens with one attached hydrogen (secondary N) is 2. The van der Waals surface area contributed by atoms with E-state index in [1.165, 1.54) is 6.07 Å². The third kappa shape index (κ3) is 3.76. The number of rotatable bonds is 5. The summed E-state index contributed by atoms with van der Waals surface area (Å²) in [6.07, 6.45) is 5.39. The molecule has 3 rings (SSSR count). The zero-order valence-corrected chi connectivity index (χ0v) is 14.2. The number of nitrogens with zero attached hydrogens (tertiary/aromatic N) is 2. The van der Waals surface area contributed by atoms with Gasteiger partial charge in [0.1, 0.15) is 11.4 Å². The van der Waals surface area contributed by atoms with E-state index >= 15 is 0 Å². The van der Waals surface area contributed by atoms with E-state index in [0.717, 1.165) is 13.1 Å². The van der Waals surface area contributed by atoms with E-state index in [4.69, 9.17) is 0 Å². The molecule has 1 saturated heterocycles. The highest BCUT2D eigenvalue weighted by atomic mass is 35.5. The lowest BCUT2D eigenvalue weighted by Crippen LogP contribution is -2.54. The molecule has 0 aliphatic carbocycles. The van der Waals surface area contributed by atoms with Gasteiger partial charge in [-0.15, -0.1) is 12.4 Å². The van der Waals surface area contributed by atoms with Crippen molar-refractivity contribution in [3.8, 4) is 0 Å². The average molecular weight is 353 g/mol. The van der Waals surface area contributed by atoms with Crippen LogP contribution in [0.4, 0.5) is 4.39 Å². The molecular formula is C17H22ClFN4O. The van der Waals surface area contributed by atoms with Gasteiger partial charge in [-0.1, -0.05) is 18.2 Å². The largest absolute Gasteiger partial charge is 0.354 e. The third-order valence-corrected chi connectivity index (χ3v) is 4.43. The first-order valence-electron chi connectivity index (χ1n) is 7.95. The predicted octanol–water partition coefficient (Wildman–Crippen LogP) is 1.88. The molecule has 0 atom stereocenters. The van der Waals surface area contributed by atoms with Crippen LogP contribution in [-0.2, 0) is 16.8 Å². The van der Waals surface area contributed by atoms with Crippen LogP contribution >= 0.6 is 12.4 Å². The number of carbonyl (C=O) groups excluding carboxylic acids is 1. The van der Waals surface area contributed by atoms with Crippen LogP contribution in [0.1, 0.15) is 18.4 Å². The second-order valence-corrected chi connectivity index (χ2v) is 5.83. The summed E-state index contributed by atoms with van der Waals surface area (Å²) in [6, 6.07) is 8.48. The van der Waals surface area contributed by atoms with Gasteiger partial charge in [0.25, 0.3) is 0 Å². The number of hydrogen-bond donors (Lipinski definition) is 2. The standard InChI is InChI=1S/C17H21FN4O.ClH/c18-15-5-2-1-4-14(15)6-10-20-16(23)17(7-11-19-12-8-17)22-13-3-9-21-22;/h1-5,9,13,19H,6-8,10-12H2,(H,20,23);1H. The van der Waals surface area contributed by atoms with Crippen molar-refractivity contribution in [2.24, 2.45) is 0 Å². The van der Waals surface area contributed by atoms with Crippen molar-refractivity contribution in [2.45, 2.75) is 24.8 Å². The van der Waals surface area contributed by atoms with Gasteiger partial charge >= 0.3 is 0 Å². The van der Waals surface area contributed by atoms with Crippen LogP contribution in [0.25, 0.3) is 0 Å². The lowest BCUT2D eigenvalue weighted by molar-refractivity contribution is -0.131. The van der Waals surface area contributed by atoms with Crippen LogP contribution in [0.15, 0.2) is 42.7 Å². The van der Waals surface area contributed by atoms with Crippen molar-refractivity contribution < 1.29 is 9.18 Å². The van der Waals surface area contributed by atoms with E-state index in [1.54, 1.807) is 29.1 Å². The minimum atomic E-state index is -0.649. The topological polar surface area (TPSA) is 59.0 Å². The molecule has 5 nitrogen and oxygen atoms in total. The fourth-order valence-electron chi connectivity index (χ4n) is 3.10. The lowest BCUT2D eigenvalue weighted by atomic mass is 9.87. The summed E-state index contributed by atoms with van der Waals surface area (Å²) in [5.41, 5.74) is -0.0319. The molecule has 0 spiro atoms. The first-order chi connectivity index (χ1) is 11.2. The Labute approximate surface area is 147 Å². The van der Waals surface area contributed by atoms with Crippen LogP contribution in [-0.4, -0.2) is 35.3 Å². The minimum absolute atomic E-state index is 0. The van der Waals surface area contributed by atoms with Gasteiger partial charge in [0.05, 0.1) is 0 Å². The van der Waals surface area contributed by atoms with Gasteiger partial charge in [0.15, 0.2) is 0 Å². The summed E-state index contributed by atoms with van der Waals surface area (Å²) in [6.45, 7) is 1.97. The number of piperidine rings is 1. The summed E-state index contributed by atoms with van der Waals surface area (Å²) >= 11 is 0. The van der Waals surface area contributed by atoms with Gasteiger partial charge < -0.3 is 10.6 Å². The quantitative estimate of drug-likeness (QED) is 0.863. The fraction of sp³-hybridized carbons (Fsp3) is 0.412. The smallest absolute Gasteiger partial charge is 0.248 e. The molecule has 0 saturated carbocycles. The summed E-state index contributed by atoms with van der Waals surface area (Å²) in [4.78, 5) is 12.8. The second kappa shape index (κ2) is 8.26. The SMILES string of the molecule is Cl.O=C(NCCc1ccccc1F)C1(n2cccn2)CCNCC1. The zero-order chi connectivity index (χ0) is 16.1. The molecule has 2 aromatic rings. The van der Waals surface area contributed by atoms with Gasteiger partial charge in [0.2, 0.25) is 5.91 Å². The molecule has 7 heteroatoms. The Kier molecular flexibility index (Phi) is 6.34. The van der Waals surface area contributed by atoms with Gasteiger partial charge in [0, 0.05) is 18.9 Å². The van der Waals surface area contributed by atoms with Crippen molar-refractivity contribution in [1.82, 2.24) is 20.4 Å². The highest BCUT2D eigenvalue weighted by molar-refractivity contribution is 5.85. The Morgan fingerprint density at radius 3 is 2.71 bits per heavy atom. The first-order valence-corrected chi connectivity index (χ1v) is 7.95. The number of amides is 1. The van der Waals surface area contributed by atoms with Crippen LogP contribution in [0, 0.1) is 5.82 Å². The van der Waals surface area contributed by atoms with Crippen LogP contribution < -0.4 is 10.6 Å². The Hall–Kier alpha value is -1.92. The number of hydrogen-bond acceptors (Lipinski definition) is 3. The summed E-state index contributed by atoms with van der Waals surface area (Å²) in [5, 5.41) is 10.5. The summed E-state index contributed by atoms with van der Waals surface area (Å²) in [5.74, 6) is -0.274. The fourth-order valence-corrected chi connectivity index (χ4v) is 3.10. The zero-order valence-electron chi connectivity index (χ0n) is 13.4. The first kappa shape index (κ1) is 18.4. The molecule has 0 unspecified atom stereocenters. The minimum Gasteiger partial charge on any atom is -0.354 e. The predicted molar refractivity (Wildman–Crippen MR) is 92.7 cm³/mol. The molecule has 1 aromatic carbocycles. The van der Waals surface area contributed by atoms with Crippen molar-refractivity contribution in [2.75, 3.05) is 19.6 Å². The van der Waals surface area contributed by atoms with Crippen molar-refractivity contribution in [3.05, 3.63) is 54.1 Å². The van der Waals surface area contributed by atoms with E-state index in [2.05, 4.69) is 15.7 Å². The Morgan fingerprint density at radius 1 is 1.29 bits per heavy atom. The monoisotopic (exact) mass is 352 g/mol. The molecule has 1 aromatic heterocycles. The molecule has 1 amide bonds. The molecule has 1 aliphatic heterocycles. The maximum atomic E-state index is 13.6. The molecule has 130 valence electrons. The normalized spacial score (nSPS) is 16.2. The average Bonchev–Trinajstić information content (AvgIpc) is 3.12. The van der Waals surface area contributed by atoms with Crippen molar-refractivity contribution in [1.29, 1.82) is 0 Å². The highest BCUT2D eigenvalue weighted by Crippen LogP contribution is 2.27. The van der Waals surface area contributed by atoms with Gasteiger partial charge in [-0.2, -0.15) is 5.10 Å². The van der Waals surface area contributed by atoms with Crippen molar-refractivity contribution >= 4 is 18.3 Å². The Morgan fingerprint density at radius 2 is 2.04 bits per heavy atom.